The quantitative estimate of drug-likeness (QED) is 0.680. The van der Waals surface area contributed by atoms with Crippen molar-refractivity contribution in [2.45, 2.75) is 37.6 Å². The third-order valence-corrected chi connectivity index (χ3v) is 6.33. The molecular weight excluding hydrogens is 302 g/mol. The van der Waals surface area contributed by atoms with Crippen molar-refractivity contribution in [1.29, 1.82) is 0 Å². The zero-order valence-corrected chi connectivity index (χ0v) is 14.9. The number of carbonyl (C=O) groups excluding carboxylic acids is 1. The van der Waals surface area contributed by atoms with Gasteiger partial charge in [-0.1, -0.05) is 6.92 Å². The number of likely N-dealkylation sites (N-methyl/N-ethyl adjacent to an activating group) is 1. The number of carbonyl (C=O) groups is 1. The third-order valence-electron chi connectivity index (χ3n) is 4.04. The van der Waals surface area contributed by atoms with Crippen molar-refractivity contribution in [3.05, 3.63) is 4.88 Å². The summed E-state index contributed by atoms with van der Waals surface area (Å²) in [5.74, 6) is 0.0686. The molecule has 0 aliphatic carbocycles. The first-order chi connectivity index (χ1) is 9.99. The normalized spacial score (nSPS) is 20.6. The van der Waals surface area contributed by atoms with E-state index in [-0.39, 0.29) is 5.78 Å². The Morgan fingerprint density at radius 3 is 2.76 bits per heavy atom. The van der Waals surface area contributed by atoms with Crippen LogP contribution in [0.3, 0.4) is 0 Å². The number of nitrogens with two attached hydrogens (primary N) is 1. The Morgan fingerprint density at radius 2 is 2.19 bits per heavy atom. The number of hydrogen-bond donors (Lipinski definition) is 1. The van der Waals surface area contributed by atoms with Crippen molar-refractivity contribution < 1.29 is 4.79 Å². The Balaban J connectivity index is 2.43. The Morgan fingerprint density at radius 1 is 1.48 bits per heavy atom. The van der Waals surface area contributed by atoms with Gasteiger partial charge in [-0.2, -0.15) is 0 Å². The van der Waals surface area contributed by atoms with Crippen molar-refractivity contribution in [2.24, 2.45) is 0 Å². The van der Waals surface area contributed by atoms with Gasteiger partial charge in [0, 0.05) is 26.1 Å². The molecule has 1 aliphatic heterocycles. The predicted molar refractivity (Wildman–Crippen MR) is 94.1 cm³/mol. The highest BCUT2D eigenvalue weighted by atomic mass is 32.2. The van der Waals surface area contributed by atoms with E-state index < -0.39 is 0 Å². The molecule has 1 aromatic heterocycles. The second-order valence-corrected chi connectivity index (χ2v) is 7.43. The summed E-state index contributed by atoms with van der Waals surface area (Å²) in [7, 11) is 2.19. The van der Waals surface area contributed by atoms with Gasteiger partial charge in [0.15, 0.2) is 5.78 Å². The number of rotatable bonds is 4. The maximum absolute atomic E-state index is 11.8. The molecule has 4 nitrogen and oxygen atoms in total. The lowest BCUT2D eigenvalue weighted by Crippen LogP contribution is -2.39. The zero-order chi connectivity index (χ0) is 15.6. The maximum Gasteiger partial charge on any atom is 0.171 e. The Kier molecular flexibility index (Phi) is 5.57. The molecule has 2 N–H and O–H groups in total. The molecule has 1 atom stereocenters. The lowest BCUT2D eigenvalue weighted by molar-refractivity contribution is 0.102. The molecule has 118 valence electrons. The van der Waals surface area contributed by atoms with E-state index in [1.807, 2.05) is 6.26 Å². The van der Waals surface area contributed by atoms with Crippen LogP contribution in [0.4, 0.5) is 10.7 Å². The number of nitrogen functional groups attached to an aromatic ring is 1. The third kappa shape index (κ3) is 3.38. The van der Waals surface area contributed by atoms with Gasteiger partial charge in [-0.25, -0.2) is 0 Å². The van der Waals surface area contributed by atoms with Crippen LogP contribution >= 0.6 is 23.1 Å². The highest BCUT2D eigenvalue weighted by molar-refractivity contribution is 7.99. The number of ketones is 1. The van der Waals surface area contributed by atoms with E-state index in [1.54, 1.807) is 30.0 Å². The monoisotopic (exact) mass is 327 g/mol. The average Bonchev–Trinajstić information content (AvgIpc) is 2.65. The second-order valence-electron chi connectivity index (χ2n) is 5.61. The fourth-order valence-electron chi connectivity index (χ4n) is 2.92. The van der Waals surface area contributed by atoms with Crippen molar-refractivity contribution in [3.8, 4) is 0 Å². The zero-order valence-electron chi connectivity index (χ0n) is 13.3. The van der Waals surface area contributed by atoms with E-state index in [2.05, 4.69) is 23.8 Å². The van der Waals surface area contributed by atoms with Crippen LogP contribution in [0.2, 0.25) is 0 Å². The van der Waals surface area contributed by atoms with Crippen LogP contribution in [0.5, 0.6) is 0 Å². The van der Waals surface area contributed by atoms with Crippen molar-refractivity contribution in [2.75, 3.05) is 43.6 Å². The van der Waals surface area contributed by atoms with Crippen LogP contribution in [0, 0.1) is 0 Å². The molecule has 1 unspecified atom stereocenters. The average molecular weight is 328 g/mol. The molecule has 1 fully saturated rings. The van der Waals surface area contributed by atoms with Gasteiger partial charge in [0.1, 0.15) is 5.00 Å². The molecule has 0 spiro atoms. The lowest BCUT2D eigenvalue weighted by atomic mass is 10.2. The minimum atomic E-state index is 0.0686. The number of nitrogens with zero attached hydrogens (tertiary/aromatic N) is 2. The molecule has 6 heteroatoms. The summed E-state index contributed by atoms with van der Waals surface area (Å²) in [5, 5.41) is 1.19. The topological polar surface area (TPSA) is 49.6 Å². The summed E-state index contributed by atoms with van der Waals surface area (Å²) in [6, 6.07) is 0.487. The first-order valence-electron chi connectivity index (χ1n) is 7.41. The predicted octanol–water partition coefficient (Wildman–Crippen LogP) is 3.18. The number of Topliss-reactive ketones (excluding diaryl/α,β-unsaturated/α-hetero) is 1. The molecule has 2 rings (SSSR count). The molecule has 0 amide bonds. The Hall–Kier alpha value is -0.720. The highest BCUT2D eigenvalue weighted by Crippen LogP contribution is 2.45. The van der Waals surface area contributed by atoms with Crippen LogP contribution < -0.4 is 10.6 Å². The number of thioether (sulfide) groups is 1. The summed E-state index contributed by atoms with van der Waals surface area (Å²) in [5.41, 5.74) is 6.88. The van der Waals surface area contributed by atoms with Gasteiger partial charge >= 0.3 is 0 Å². The smallest absolute Gasteiger partial charge is 0.171 e. The molecule has 2 heterocycles. The fraction of sp³-hybridized carbons (Fsp3) is 0.667. The molecule has 0 saturated carbocycles. The largest absolute Gasteiger partial charge is 0.396 e. The fourth-order valence-corrected chi connectivity index (χ4v) is 5.09. The number of anilines is 2. The van der Waals surface area contributed by atoms with E-state index in [0.717, 1.165) is 37.4 Å². The number of thiophene rings is 1. The van der Waals surface area contributed by atoms with Crippen molar-refractivity contribution in [3.63, 3.8) is 0 Å². The van der Waals surface area contributed by atoms with Crippen molar-refractivity contribution in [1.82, 2.24) is 4.90 Å². The molecule has 1 saturated heterocycles. The first kappa shape index (κ1) is 16.6. The highest BCUT2D eigenvalue weighted by Gasteiger charge is 2.28. The number of hydrogen-bond acceptors (Lipinski definition) is 6. The summed E-state index contributed by atoms with van der Waals surface area (Å²) in [4.78, 5) is 18.5. The molecule has 1 aliphatic rings. The van der Waals surface area contributed by atoms with Gasteiger partial charge in [-0.15, -0.1) is 23.1 Å². The summed E-state index contributed by atoms with van der Waals surface area (Å²) >= 11 is 3.22. The standard InChI is InChI=1S/C15H25N3OS2/c1-5-11-9-17(3)7-6-8-18(11)15-14(20-4)12(16)13(21-15)10(2)19/h11H,5-9,16H2,1-4H3. The molecular formula is C15H25N3OS2. The molecule has 0 bridgehead atoms. The van der Waals surface area contributed by atoms with E-state index >= 15 is 0 Å². The van der Waals surface area contributed by atoms with Crippen LogP contribution in [0.1, 0.15) is 36.4 Å². The summed E-state index contributed by atoms with van der Waals surface area (Å²) < 4.78 is 0. The Bertz CT molecular complexity index is 515. The van der Waals surface area contributed by atoms with Gasteiger partial charge < -0.3 is 15.5 Å². The SMILES string of the molecule is CCC1CN(C)CCCN1c1sc(C(C)=O)c(N)c1SC. The molecule has 1 aromatic rings. The van der Waals surface area contributed by atoms with Crippen LogP contribution in [-0.2, 0) is 0 Å². The van der Waals surface area contributed by atoms with E-state index in [9.17, 15) is 4.79 Å². The van der Waals surface area contributed by atoms with Gasteiger partial charge in [0.25, 0.3) is 0 Å². The summed E-state index contributed by atoms with van der Waals surface area (Å²) in [6.07, 6.45) is 4.29. The van der Waals surface area contributed by atoms with Gasteiger partial charge in [-0.3, -0.25) is 4.79 Å². The van der Waals surface area contributed by atoms with Crippen LogP contribution in [0.15, 0.2) is 4.90 Å². The summed E-state index contributed by atoms with van der Waals surface area (Å²) in [6.45, 7) is 7.06. The minimum absolute atomic E-state index is 0.0686. The molecule has 21 heavy (non-hydrogen) atoms. The van der Waals surface area contributed by atoms with Gasteiger partial charge in [0.2, 0.25) is 0 Å². The van der Waals surface area contributed by atoms with Gasteiger partial charge in [0.05, 0.1) is 15.5 Å². The van der Waals surface area contributed by atoms with Crippen LogP contribution in [-0.4, -0.2) is 49.7 Å². The second kappa shape index (κ2) is 7.03. The Labute approximate surface area is 135 Å². The van der Waals surface area contributed by atoms with Gasteiger partial charge in [-0.05, 0) is 32.7 Å². The first-order valence-corrected chi connectivity index (χ1v) is 9.46. The molecule has 0 aromatic carbocycles. The minimum Gasteiger partial charge on any atom is -0.396 e. The van der Waals surface area contributed by atoms with Crippen molar-refractivity contribution >= 4 is 39.6 Å². The lowest BCUT2D eigenvalue weighted by Gasteiger charge is -2.31. The van der Waals surface area contributed by atoms with E-state index in [4.69, 9.17) is 5.73 Å². The van der Waals surface area contributed by atoms with E-state index in [0.29, 0.717) is 16.6 Å². The molecule has 0 radical (unpaired) electrons. The van der Waals surface area contributed by atoms with Crippen LogP contribution in [0.25, 0.3) is 0 Å². The maximum atomic E-state index is 11.8. The van der Waals surface area contributed by atoms with E-state index in [1.165, 1.54) is 5.00 Å².